The van der Waals surface area contributed by atoms with Crippen LogP contribution in [0.15, 0.2) is 48.5 Å². The molecular formula is C21H23N3O3. The van der Waals surface area contributed by atoms with E-state index in [2.05, 4.69) is 15.3 Å². The van der Waals surface area contributed by atoms with Gasteiger partial charge < -0.3 is 19.8 Å². The van der Waals surface area contributed by atoms with E-state index in [-0.39, 0.29) is 11.9 Å². The van der Waals surface area contributed by atoms with Gasteiger partial charge in [0.1, 0.15) is 5.82 Å². The molecule has 6 nitrogen and oxygen atoms in total. The maximum atomic E-state index is 12.3. The molecular weight excluding hydrogens is 342 g/mol. The third kappa shape index (κ3) is 4.47. The van der Waals surface area contributed by atoms with Gasteiger partial charge in [-0.25, -0.2) is 4.98 Å². The summed E-state index contributed by atoms with van der Waals surface area (Å²) in [5.74, 6) is 1.84. The summed E-state index contributed by atoms with van der Waals surface area (Å²) < 4.78 is 10.8. The molecule has 2 aromatic carbocycles. The summed E-state index contributed by atoms with van der Waals surface area (Å²) in [5.41, 5.74) is 2.68. The topological polar surface area (TPSA) is 76.2 Å². The number of amides is 1. The van der Waals surface area contributed by atoms with E-state index in [4.69, 9.17) is 9.47 Å². The predicted molar refractivity (Wildman–Crippen MR) is 106 cm³/mol. The lowest BCUT2D eigenvalue weighted by atomic mass is 10.2. The van der Waals surface area contributed by atoms with E-state index in [1.54, 1.807) is 13.2 Å². The Morgan fingerprint density at radius 1 is 1.26 bits per heavy atom. The van der Waals surface area contributed by atoms with E-state index in [1.165, 1.54) is 6.08 Å². The van der Waals surface area contributed by atoms with E-state index < -0.39 is 0 Å². The maximum Gasteiger partial charge on any atom is 0.244 e. The van der Waals surface area contributed by atoms with Crippen molar-refractivity contribution < 1.29 is 14.3 Å². The number of hydrogen-bond acceptors (Lipinski definition) is 4. The normalized spacial score (nSPS) is 12.3. The van der Waals surface area contributed by atoms with Gasteiger partial charge in [0.2, 0.25) is 5.91 Å². The van der Waals surface area contributed by atoms with Crippen molar-refractivity contribution >= 4 is 23.0 Å². The first-order valence-electron chi connectivity index (χ1n) is 8.84. The summed E-state index contributed by atoms with van der Waals surface area (Å²) in [5, 5.41) is 2.91. The van der Waals surface area contributed by atoms with Crippen molar-refractivity contribution in [3.63, 3.8) is 0 Å². The van der Waals surface area contributed by atoms with Crippen molar-refractivity contribution in [2.75, 3.05) is 13.7 Å². The Labute approximate surface area is 158 Å². The molecule has 2 N–H and O–H groups in total. The Kier molecular flexibility index (Phi) is 5.76. The van der Waals surface area contributed by atoms with E-state index in [1.807, 2.05) is 56.3 Å². The number of benzene rings is 2. The van der Waals surface area contributed by atoms with Gasteiger partial charge in [-0.15, -0.1) is 0 Å². The van der Waals surface area contributed by atoms with Crippen LogP contribution in [0.3, 0.4) is 0 Å². The number of imidazole rings is 1. The molecule has 0 fully saturated rings. The average molecular weight is 365 g/mol. The van der Waals surface area contributed by atoms with Gasteiger partial charge in [0.15, 0.2) is 11.5 Å². The Bertz CT molecular complexity index is 929. The lowest BCUT2D eigenvalue weighted by Gasteiger charge is -2.10. The van der Waals surface area contributed by atoms with Crippen molar-refractivity contribution in [1.82, 2.24) is 15.3 Å². The minimum atomic E-state index is -0.232. The second-order valence-electron chi connectivity index (χ2n) is 6.05. The van der Waals surface area contributed by atoms with Gasteiger partial charge in [-0.1, -0.05) is 18.2 Å². The zero-order valence-corrected chi connectivity index (χ0v) is 15.7. The number of fused-ring (bicyclic) bond motifs is 1. The molecule has 3 aromatic rings. The summed E-state index contributed by atoms with van der Waals surface area (Å²) >= 11 is 0. The fraction of sp³-hybridized carbons (Fsp3) is 0.238. The van der Waals surface area contributed by atoms with Crippen LogP contribution in [0.4, 0.5) is 0 Å². The fourth-order valence-corrected chi connectivity index (χ4v) is 2.74. The first-order chi connectivity index (χ1) is 13.1. The number of ether oxygens (including phenoxy) is 2. The van der Waals surface area contributed by atoms with Gasteiger partial charge in [-0.05, 0) is 49.8 Å². The van der Waals surface area contributed by atoms with Gasteiger partial charge in [-0.3, -0.25) is 4.79 Å². The van der Waals surface area contributed by atoms with Crippen LogP contribution in [0, 0.1) is 0 Å². The molecule has 1 amide bonds. The highest BCUT2D eigenvalue weighted by atomic mass is 16.5. The van der Waals surface area contributed by atoms with Gasteiger partial charge in [0.05, 0.1) is 30.8 Å². The first-order valence-corrected chi connectivity index (χ1v) is 8.84. The quantitative estimate of drug-likeness (QED) is 0.623. The molecule has 1 atom stereocenters. The van der Waals surface area contributed by atoms with Crippen LogP contribution in [0.2, 0.25) is 0 Å². The molecule has 1 aromatic heterocycles. The Morgan fingerprint density at radius 2 is 2.07 bits per heavy atom. The number of H-pyrrole nitrogens is 1. The van der Waals surface area contributed by atoms with Gasteiger partial charge in [0, 0.05) is 6.08 Å². The number of nitrogens with one attached hydrogen (secondary N) is 2. The summed E-state index contributed by atoms with van der Waals surface area (Å²) in [7, 11) is 1.60. The van der Waals surface area contributed by atoms with Crippen molar-refractivity contribution in [2.24, 2.45) is 0 Å². The molecule has 0 spiro atoms. The largest absolute Gasteiger partial charge is 0.493 e. The number of carbonyl (C=O) groups excluding carboxylic acids is 1. The molecule has 1 unspecified atom stereocenters. The van der Waals surface area contributed by atoms with Crippen LogP contribution in [-0.2, 0) is 4.79 Å². The third-order valence-electron chi connectivity index (χ3n) is 4.09. The highest BCUT2D eigenvalue weighted by molar-refractivity contribution is 5.92. The number of hydrogen-bond donors (Lipinski definition) is 2. The van der Waals surface area contributed by atoms with Gasteiger partial charge in [-0.2, -0.15) is 0 Å². The smallest absolute Gasteiger partial charge is 0.244 e. The van der Waals surface area contributed by atoms with Crippen molar-refractivity contribution in [1.29, 1.82) is 0 Å². The lowest BCUT2D eigenvalue weighted by molar-refractivity contribution is -0.117. The van der Waals surface area contributed by atoms with E-state index >= 15 is 0 Å². The molecule has 3 rings (SSSR count). The number of para-hydroxylation sites is 2. The average Bonchev–Trinajstić information content (AvgIpc) is 3.11. The second kappa shape index (κ2) is 8.40. The predicted octanol–water partition coefficient (Wildman–Crippen LogP) is 3.86. The van der Waals surface area contributed by atoms with E-state index in [9.17, 15) is 4.79 Å². The summed E-state index contributed by atoms with van der Waals surface area (Å²) in [6.07, 6.45) is 3.24. The first kappa shape index (κ1) is 18.5. The van der Waals surface area contributed by atoms with E-state index in [0.29, 0.717) is 18.1 Å². The van der Waals surface area contributed by atoms with E-state index in [0.717, 1.165) is 22.4 Å². The lowest BCUT2D eigenvalue weighted by Crippen LogP contribution is -2.25. The minimum absolute atomic E-state index is 0.197. The summed E-state index contributed by atoms with van der Waals surface area (Å²) in [6, 6.07) is 13.1. The Hall–Kier alpha value is -3.28. The van der Waals surface area contributed by atoms with Crippen LogP contribution in [0.5, 0.6) is 11.5 Å². The Morgan fingerprint density at radius 3 is 2.81 bits per heavy atom. The van der Waals surface area contributed by atoms with Crippen LogP contribution >= 0.6 is 0 Å². The molecule has 0 aliphatic heterocycles. The zero-order valence-electron chi connectivity index (χ0n) is 15.7. The highest BCUT2D eigenvalue weighted by Gasteiger charge is 2.12. The number of rotatable bonds is 7. The standard InChI is InChI=1S/C21H23N3O3/c1-4-27-19-13-15(9-11-18(19)26-3)10-12-20(25)22-14(2)21-23-16-7-5-6-8-17(16)24-21/h5-14H,4H2,1-3H3,(H,22,25)(H,23,24)/b12-10+. The molecule has 0 saturated heterocycles. The molecule has 0 saturated carbocycles. The maximum absolute atomic E-state index is 12.3. The number of aromatic amines is 1. The zero-order chi connectivity index (χ0) is 19.2. The third-order valence-corrected chi connectivity index (χ3v) is 4.09. The van der Waals surface area contributed by atoms with Crippen LogP contribution in [0.25, 0.3) is 17.1 Å². The van der Waals surface area contributed by atoms with Crippen molar-refractivity contribution in [3.05, 3.63) is 59.9 Å². The van der Waals surface area contributed by atoms with Crippen LogP contribution in [-0.4, -0.2) is 29.6 Å². The van der Waals surface area contributed by atoms with Crippen molar-refractivity contribution in [2.45, 2.75) is 19.9 Å². The van der Waals surface area contributed by atoms with Gasteiger partial charge in [0.25, 0.3) is 0 Å². The molecule has 140 valence electrons. The van der Waals surface area contributed by atoms with Crippen LogP contribution in [0.1, 0.15) is 31.3 Å². The summed E-state index contributed by atoms with van der Waals surface area (Å²) in [6.45, 7) is 4.35. The van der Waals surface area contributed by atoms with Gasteiger partial charge >= 0.3 is 0 Å². The molecule has 6 heteroatoms. The molecule has 0 aliphatic rings. The number of methoxy groups -OCH3 is 1. The molecule has 0 aliphatic carbocycles. The van der Waals surface area contributed by atoms with Crippen LogP contribution < -0.4 is 14.8 Å². The summed E-state index contributed by atoms with van der Waals surface area (Å²) in [4.78, 5) is 20.0. The minimum Gasteiger partial charge on any atom is -0.493 e. The monoisotopic (exact) mass is 365 g/mol. The fourth-order valence-electron chi connectivity index (χ4n) is 2.74. The Balaban J connectivity index is 1.66. The number of carbonyl (C=O) groups is 1. The second-order valence-corrected chi connectivity index (χ2v) is 6.05. The molecule has 27 heavy (non-hydrogen) atoms. The molecule has 0 radical (unpaired) electrons. The SMILES string of the molecule is CCOc1cc(/C=C/C(=O)NC(C)c2nc3ccccc3[nH]2)ccc1OC. The molecule has 1 heterocycles. The highest BCUT2D eigenvalue weighted by Crippen LogP contribution is 2.28. The number of aromatic nitrogens is 2. The molecule has 0 bridgehead atoms. The number of nitrogens with zero attached hydrogens (tertiary/aromatic N) is 1. The van der Waals surface area contributed by atoms with Crippen molar-refractivity contribution in [3.8, 4) is 11.5 Å².